The minimum absolute atomic E-state index is 0.109. The van der Waals surface area contributed by atoms with Crippen molar-refractivity contribution in [3.05, 3.63) is 52.4 Å². The summed E-state index contributed by atoms with van der Waals surface area (Å²) in [5, 5.41) is 3.81. The smallest absolute Gasteiger partial charge is 0.277 e. The number of benzene rings is 1. The number of halogens is 1. The van der Waals surface area contributed by atoms with Crippen LogP contribution in [0.5, 0.6) is 5.75 Å². The maximum absolute atomic E-state index is 11.6. The predicted molar refractivity (Wildman–Crippen MR) is 88.2 cm³/mol. The highest BCUT2D eigenvalue weighted by molar-refractivity contribution is 9.10. The molecule has 0 saturated carbocycles. The van der Waals surface area contributed by atoms with Crippen LogP contribution < -0.4 is 10.2 Å². The second kappa shape index (κ2) is 7.79. The van der Waals surface area contributed by atoms with Gasteiger partial charge in [0.1, 0.15) is 5.75 Å². The zero-order valence-corrected chi connectivity index (χ0v) is 14.0. The average Bonchev–Trinajstić information content (AvgIpc) is 2.99. The summed E-state index contributed by atoms with van der Waals surface area (Å²) in [6.07, 6.45) is 4.55. The van der Waals surface area contributed by atoms with Crippen LogP contribution in [0, 0.1) is 0 Å². The lowest BCUT2D eigenvalue weighted by atomic mass is 10.0. The Balaban J connectivity index is 1.83. The minimum atomic E-state index is -0.334. The maximum atomic E-state index is 11.6. The first-order chi connectivity index (χ1) is 10.6. The molecule has 1 aromatic carbocycles. The fourth-order valence-electron chi connectivity index (χ4n) is 1.70. The molecule has 1 amide bonds. The van der Waals surface area contributed by atoms with E-state index >= 15 is 0 Å². The van der Waals surface area contributed by atoms with E-state index in [9.17, 15) is 4.79 Å². The van der Waals surface area contributed by atoms with E-state index in [1.54, 1.807) is 6.07 Å². The molecule has 0 unspecified atom stereocenters. The number of rotatable bonds is 6. The molecular weight excluding hydrogens is 348 g/mol. The van der Waals surface area contributed by atoms with Crippen molar-refractivity contribution in [3.8, 4) is 5.75 Å². The summed E-state index contributed by atoms with van der Waals surface area (Å²) in [5.41, 5.74) is 4.36. The fourth-order valence-corrected chi connectivity index (χ4v) is 2.21. The highest BCUT2D eigenvalue weighted by Gasteiger charge is 2.07. The Morgan fingerprint density at radius 3 is 2.91 bits per heavy atom. The van der Waals surface area contributed by atoms with Gasteiger partial charge >= 0.3 is 0 Å². The molecule has 22 heavy (non-hydrogen) atoms. The van der Waals surface area contributed by atoms with Gasteiger partial charge < -0.3 is 9.15 Å². The summed E-state index contributed by atoms with van der Waals surface area (Å²) in [5.74, 6) is 0.726. The van der Waals surface area contributed by atoms with Gasteiger partial charge in [-0.25, -0.2) is 5.43 Å². The van der Waals surface area contributed by atoms with E-state index in [1.165, 1.54) is 24.3 Å². The number of nitrogens with one attached hydrogen (secondary N) is 1. The first-order valence-corrected chi connectivity index (χ1v) is 7.62. The van der Waals surface area contributed by atoms with Crippen LogP contribution in [0.15, 0.2) is 50.8 Å². The molecule has 0 atom stereocenters. The standard InChI is InChI=1S/C16H17BrN2O3/c1-11(2)13-3-4-15(14(17)7-13)22-10-16(20)19-18-8-12-5-6-21-9-12/h3-9,11H,10H2,1-2H3,(H,19,20). The molecule has 0 bridgehead atoms. The SMILES string of the molecule is CC(C)c1ccc(OCC(=O)NN=Cc2ccoc2)c(Br)c1. The van der Waals surface area contributed by atoms with E-state index in [0.717, 1.165) is 10.0 Å². The van der Waals surface area contributed by atoms with Crippen LogP contribution >= 0.6 is 15.9 Å². The molecule has 2 aromatic rings. The summed E-state index contributed by atoms with van der Waals surface area (Å²) in [4.78, 5) is 11.6. The Hall–Kier alpha value is -2.08. The molecule has 2 rings (SSSR count). The number of hydrogen-bond donors (Lipinski definition) is 1. The van der Waals surface area contributed by atoms with E-state index in [4.69, 9.17) is 9.15 Å². The normalized spacial score (nSPS) is 11.1. The van der Waals surface area contributed by atoms with E-state index in [2.05, 4.69) is 40.3 Å². The number of furan rings is 1. The highest BCUT2D eigenvalue weighted by atomic mass is 79.9. The molecule has 0 saturated heterocycles. The van der Waals surface area contributed by atoms with E-state index in [-0.39, 0.29) is 12.5 Å². The first-order valence-electron chi connectivity index (χ1n) is 6.82. The van der Waals surface area contributed by atoms with Gasteiger partial charge in [0.05, 0.1) is 23.2 Å². The van der Waals surface area contributed by atoms with Gasteiger partial charge in [0.2, 0.25) is 0 Å². The van der Waals surface area contributed by atoms with E-state index in [0.29, 0.717) is 11.7 Å². The third-order valence-electron chi connectivity index (χ3n) is 2.93. The highest BCUT2D eigenvalue weighted by Crippen LogP contribution is 2.28. The number of hydrazone groups is 1. The molecule has 0 aliphatic rings. The molecule has 1 N–H and O–H groups in total. The number of nitrogens with zero attached hydrogens (tertiary/aromatic N) is 1. The first kappa shape index (κ1) is 16.3. The van der Waals surface area contributed by atoms with Gasteiger partial charge in [0.15, 0.2) is 6.61 Å². The predicted octanol–water partition coefficient (Wildman–Crippen LogP) is 3.69. The van der Waals surface area contributed by atoms with Gasteiger partial charge in [0.25, 0.3) is 5.91 Å². The van der Waals surface area contributed by atoms with Crippen LogP contribution in [-0.2, 0) is 4.79 Å². The van der Waals surface area contributed by atoms with Gasteiger partial charge in [-0.05, 0) is 45.6 Å². The minimum Gasteiger partial charge on any atom is -0.483 e. The fraction of sp³-hybridized carbons (Fsp3) is 0.250. The molecule has 0 fully saturated rings. The van der Waals surface area contributed by atoms with Crippen molar-refractivity contribution < 1.29 is 13.9 Å². The van der Waals surface area contributed by atoms with E-state index < -0.39 is 0 Å². The second-order valence-corrected chi connectivity index (χ2v) is 5.84. The topological polar surface area (TPSA) is 63.8 Å². The monoisotopic (exact) mass is 364 g/mol. The van der Waals surface area contributed by atoms with Crippen LogP contribution in [0.4, 0.5) is 0 Å². The van der Waals surface area contributed by atoms with Crippen molar-refractivity contribution in [2.24, 2.45) is 5.10 Å². The Morgan fingerprint density at radius 2 is 2.27 bits per heavy atom. The van der Waals surface area contributed by atoms with E-state index in [1.807, 2.05) is 18.2 Å². The summed E-state index contributed by atoms with van der Waals surface area (Å²) in [6, 6.07) is 7.57. The van der Waals surface area contributed by atoms with Gasteiger partial charge in [0, 0.05) is 5.56 Å². The maximum Gasteiger partial charge on any atom is 0.277 e. The zero-order valence-electron chi connectivity index (χ0n) is 12.4. The van der Waals surface area contributed by atoms with Crippen molar-refractivity contribution in [3.63, 3.8) is 0 Å². The second-order valence-electron chi connectivity index (χ2n) is 4.98. The van der Waals surface area contributed by atoms with Crippen molar-refractivity contribution in [1.82, 2.24) is 5.43 Å². The van der Waals surface area contributed by atoms with Gasteiger partial charge in [-0.1, -0.05) is 19.9 Å². The molecule has 1 aromatic heterocycles. The number of carbonyl (C=O) groups excluding carboxylic acids is 1. The lowest BCUT2D eigenvalue weighted by Gasteiger charge is -2.10. The lowest BCUT2D eigenvalue weighted by Crippen LogP contribution is -2.24. The third kappa shape index (κ3) is 4.73. The molecule has 5 nitrogen and oxygen atoms in total. The molecule has 6 heteroatoms. The van der Waals surface area contributed by atoms with Crippen molar-refractivity contribution in [1.29, 1.82) is 0 Å². The third-order valence-corrected chi connectivity index (χ3v) is 3.55. The Morgan fingerprint density at radius 1 is 1.45 bits per heavy atom. The molecular formula is C16H17BrN2O3. The van der Waals surface area contributed by atoms with Crippen LogP contribution in [0.2, 0.25) is 0 Å². The van der Waals surface area contributed by atoms with Crippen molar-refractivity contribution in [2.45, 2.75) is 19.8 Å². The molecule has 116 valence electrons. The molecule has 0 spiro atoms. The number of carbonyl (C=O) groups is 1. The molecule has 0 aliphatic carbocycles. The van der Waals surface area contributed by atoms with Crippen LogP contribution in [0.3, 0.4) is 0 Å². The number of ether oxygens (including phenoxy) is 1. The van der Waals surface area contributed by atoms with Gasteiger partial charge in [-0.15, -0.1) is 0 Å². The van der Waals surface area contributed by atoms with Crippen LogP contribution in [0.1, 0.15) is 30.9 Å². The van der Waals surface area contributed by atoms with Crippen molar-refractivity contribution in [2.75, 3.05) is 6.61 Å². The van der Waals surface area contributed by atoms with Gasteiger partial charge in [-0.2, -0.15) is 5.10 Å². The number of amides is 1. The Labute approximate surface area is 137 Å². The molecule has 1 heterocycles. The quantitative estimate of drug-likeness (QED) is 0.627. The molecule has 0 aliphatic heterocycles. The zero-order chi connectivity index (χ0) is 15.9. The Kier molecular flexibility index (Phi) is 5.77. The van der Waals surface area contributed by atoms with Gasteiger partial charge in [-0.3, -0.25) is 4.79 Å². The van der Waals surface area contributed by atoms with Crippen LogP contribution in [0.25, 0.3) is 0 Å². The summed E-state index contributed by atoms with van der Waals surface area (Å²) in [6.45, 7) is 4.13. The summed E-state index contributed by atoms with van der Waals surface area (Å²) in [7, 11) is 0. The number of hydrogen-bond acceptors (Lipinski definition) is 4. The molecule has 0 radical (unpaired) electrons. The lowest BCUT2D eigenvalue weighted by molar-refractivity contribution is -0.123. The average molecular weight is 365 g/mol. The largest absolute Gasteiger partial charge is 0.483 e. The summed E-state index contributed by atoms with van der Waals surface area (Å²) < 4.78 is 11.2. The summed E-state index contributed by atoms with van der Waals surface area (Å²) >= 11 is 3.45. The Bertz CT molecular complexity index is 651. The van der Waals surface area contributed by atoms with Crippen molar-refractivity contribution >= 4 is 28.1 Å². The van der Waals surface area contributed by atoms with Crippen LogP contribution in [-0.4, -0.2) is 18.7 Å².